The summed E-state index contributed by atoms with van der Waals surface area (Å²) in [6.45, 7) is 1.71. The lowest BCUT2D eigenvalue weighted by atomic mass is 10.1. The standard InChI is InChI=1S/C11H17N3O/c12-10-8-13-5-4-11(10)14-7-9-3-1-2-6-15-9/h4-5,8-9H,1-3,6-7,12H2,(H,13,14). The van der Waals surface area contributed by atoms with E-state index in [-0.39, 0.29) is 0 Å². The highest BCUT2D eigenvalue weighted by molar-refractivity contribution is 5.64. The van der Waals surface area contributed by atoms with E-state index in [0.717, 1.165) is 25.3 Å². The Balaban J connectivity index is 1.84. The normalized spacial score (nSPS) is 21.2. The Labute approximate surface area is 89.8 Å². The fourth-order valence-electron chi connectivity index (χ4n) is 1.76. The van der Waals surface area contributed by atoms with E-state index < -0.39 is 0 Å². The minimum atomic E-state index is 0.325. The molecule has 1 fully saturated rings. The number of ether oxygens (including phenoxy) is 1. The van der Waals surface area contributed by atoms with E-state index in [2.05, 4.69) is 10.3 Å². The fourth-order valence-corrected chi connectivity index (χ4v) is 1.76. The van der Waals surface area contributed by atoms with E-state index in [0.29, 0.717) is 11.8 Å². The summed E-state index contributed by atoms with van der Waals surface area (Å²) in [5.74, 6) is 0. The molecular weight excluding hydrogens is 190 g/mol. The summed E-state index contributed by atoms with van der Waals surface area (Å²) >= 11 is 0. The van der Waals surface area contributed by atoms with Gasteiger partial charge >= 0.3 is 0 Å². The van der Waals surface area contributed by atoms with Crippen molar-refractivity contribution in [2.75, 3.05) is 24.2 Å². The van der Waals surface area contributed by atoms with E-state index in [1.807, 2.05) is 6.07 Å². The average Bonchev–Trinajstić information content (AvgIpc) is 2.29. The Morgan fingerprint density at radius 2 is 2.47 bits per heavy atom. The molecule has 0 aromatic carbocycles. The first-order chi connectivity index (χ1) is 7.36. The molecule has 1 aliphatic rings. The molecule has 1 aliphatic heterocycles. The van der Waals surface area contributed by atoms with Crippen LogP contribution in [0.2, 0.25) is 0 Å². The van der Waals surface area contributed by atoms with E-state index >= 15 is 0 Å². The highest BCUT2D eigenvalue weighted by atomic mass is 16.5. The monoisotopic (exact) mass is 207 g/mol. The molecule has 1 atom stereocenters. The molecule has 4 nitrogen and oxygen atoms in total. The molecule has 82 valence electrons. The molecular formula is C11H17N3O. The van der Waals surface area contributed by atoms with Crippen LogP contribution in [0.25, 0.3) is 0 Å². The lowest BCUT2D eigenvalue weighted by molar-refractivity contribution is 0.0248. The second kappa shape index (κ2) is 4.98. The third-order valence-corrected chi connectivity index (χ3v) is 2.65. The molecule has 1 saturated heterocycles. The largest absolute Gasteiger partial charge is 0.396 e. The first kappa shape index (κ1) is 10.2. The van der Waals surface area contributed by atoms with Gasteiger partial charge in [-0.1, -0.05) is 0 Å². The van der Waals surface area contributed by atoms with E-state index in [4.69, 9.17) is 10.5 Å². The molecule has 2 rings (SSSR count). The van der Waals surface area contributed by atoms with Gasteiger partial charge in [0.05, 0.1) is 23.7 Å². The number of nitrogens with two attached hydrogens (primary N) is 1. The zero-order valence-electron chi connectivity index (χ0n) is 8.78. The second-order valence-corrected chi connectivity index (χ2v) is 3.83. The number of nitrogens with zero attached hydrogens (tertiary/aromatic N) is 1. The summed E-state index contributed by atoms with van der Waals surface area (Å²) in [5, 5.41) is 3.29. The first-order valence-corrected chi connectivity index (χ1v) is 5.41. The van der Waals surface area contributed by atoms with Crippen LogP contribution in [0.1, 0.15) is 19.3 Å². The SMILES string of the molecule is Nc1cnccc1NCC1CCCCO1. The maximum absolute atomic E-state index is 5.77. The summed E-state index contributed by atoms with van der Waals surface area (Å²) in [6.07, 6.45) is 7.31. The van der Waals surface area contributed by atoms with Gasteiger partial charge in [0.1, 0.15) is 0 Å². The quantitative estimate of drug-likeness (QED) is 0.791. The number of nitrogens with one attached hydrogen (secondary N) is 1. The molecule has 1 aromatic rings. The van der Waals surface area contributed by atoms with Gasteiger partial charge in [-0.05, 0) is 25.3 Å². The van der Waals surface area contributed by atoms with Crippen LogP contribution >= 0.6 is 0 Å². The van der Waals surface area contributed by atoms with Gasteiger partial charge in [0.25, 0.3) is 0 Å². The highest BCUT2D eigenvalue weighted by Gasteiger charge is 2.13. The molecule has 2 heterocycles. The van der Waals surface area contributed by atoms with E-state index in [1.54, 1.807) is 12.4 Å². The van der Waals surface area contributed by atoms with E-state index in [9.17, 15) is 0 Å². The molecule has 1 aromatic heterocycles. The number of rotatable bonds is 3. The first-order valence-electron chi connectivity index (χ1n) is 5.41. The van der Waals surface area contributed by atoms with Crippen molar-refractivity contribution in [1.29, 1.82) is 0 Å². The Kier molecular flexibility index (Phi) is 3.40. The molecule has 0 saturated carbocycles. The predicted molar refractivity (Wildman–Crippen MR) is 60.7 cm³/mol. The molecule has 0 amide bonds. The Morgan fingerprint density at radius 1 is 1.53 bits per heavy atom. The van der Waals surface area contributed by atoms with Crippen LogP contribution in [0.4, 0.5) is 11.4 Å². The molecule has 0 radical (unpaired) electrons. The molecule has 0 bridgehead atoms. The Morgan fingerprint density at radius 3 is 3.20 bits per heavy atom. The van der Waals surface area contributed by atoms with E-state index in [1.165, 1.54) is 12.8 Å². The number of hydrogen-bond acceptors (Lipinski definition) is 4. The van der Waals surface area contributed by atoms with Gasteiger partial charge in [0.15, 0.2) is 0 Å². The molecule has 0 spiro atoms. The van der Waals surface area contributed by atoms with Crippen LogP contribution in [-0.4, -0.2) is 24.2 Å². The van der Waals surface area contributed by atoms with Crippen molar-refractivity contribution in [2.24, 2.45) is 0 Å². The van der Waals surface area contributed by atoms with Crippen molar-refractivity contribution >= 4 is 11.4 Å². The molecule has 4 heteroatoms. The number of aromatic nitrogens is 1. The van der Waals surface area contributed by atoms with Gasteiger partial charge in [-0.15, -0.1) is 0 Å². The average molecular weight is 207 g/mol. The predicted octanol–water partition coefficient (Wildman–Crippen LogP) is 1.64. The van der Waals surface area contributed by atoms with Gasteiger partial charge in [0.2, 0.25) is 0 Å². The highest BCUT2D eigenvalue weighted by Crippen LogP contribution is 2.17. The summed E-state index contributed by atoms with van der Waals surface area (Å²) in [7, 11) is 0. The van der Waals surface area contributed by atoms with Crippen LogP contribution in [0.15, 0.2) is 18.5 Å². The fraction of sp³-hybridized carbons (Fsp3) is 0.545. The smallest absolute Gasteiger partial charge is 0.0747 e. The van der Waals surface area contributed by atoms with Crippen LogP contribution < -0.4 is 11.1 Å². The number of hydrogen-bond donors (Lipinski definition) is 2. The number of nitrogen functional groups attached to an aromatic ring is 1. The summed E-state index contributed by atoms with van der Waals surface area (Å²) in [4.78, 5) is 3.94. The van der Waals surface area contributed by atoms with Crippen molar-refractivity contribution in [2.45, 2.75) is 25.4 Å². The summed E-state index contributed by atoms with van der Waals surface area (Å²) in [5.41, 5.74) is 7.40. The van der Waals surface area contributed by atoms with Gasteiger partial charge in [0, 0.05) is 19.3 Å². The zero-order valence-corrected chi connectivity index (χ0v) is 8.78. The third kappa shape index (κ3) is 2.83. The van der Waals surface area contributed by atoms with Crippen molar-refractivity contribution in [3.63, 3.8) is 0 Å². The van der Waals surface area contributed by atoms with Gasteiger partial charge < -0.3 is 15.8 Å². The topological polar surface area (TPSA) is 60.2 Å². The zero-order chi connectivity index (χ0) is 10.5. The van der Waals surface area contributed by atoms with Crippen molar-refractivity contribution in [1.82, 2.24) is 4.98 Å². The summed E-state index contributed by atoms with van der Waals surface area (Å²) in [6, 6.07) is 1.89. The van der Waals surface area contributed by atoms with Crippen LogP contribution in [0.3, 0.4) is 0 Å². The van der Waals surface area contributed by atoms with Crippen molar-refractivity contribution in [3.8, 4) is 0 Å². The Bertz CT molecular complexity index is 310. The Hall–Kier alpha value is -1.29. The molecule has 1 unspecified atom stereocenters. The summed E-state index contributed by atoms with van der Waals surface area (Å²) < 4.78 is 5.62. The maximum atomic E-state index is 5.77. The van der Waals surface area contributed by atoms with Gasteiger partial charge in [-0.3, -0.25) is 4.98 Å². The van der Waals surface area contributed by atoms with Crippen molar-refractivity contribution < 1.29 is 4.74 Å². The van der Waals surface area contributed by atoms with Crippen LogP contribution in [0, 0.1) is 0 Å². The van der Waals surface area contributed by atoms with Gasteiger partial charge in [-0.2, -0.15) is 0 Å². The molecule has 0 aliphatic carbocycles. The number of anilines is 2. The minimum absolute atomic E-state index is 0.325. The third-order valence-electron chi connectivity index (χ3n) is 2.65. The molecule has 3 N–H and O–H groups in total. The lowest BCUT2D eigenvalue weighted by Gasteiger charge is -2.23. The second-order valence-electron chi connectivity index (χ2n) is 3.83. The minimum Gasteiger partial charge on any atom is -0.396 e. The number of pyridine rings is 1. The van der Waals surface area contributed by atoms with Crippen LogP contribution in [-0.2, 0) is 4.74 Å². The van der Waals surface area contributed by atoms with Crippen molar-refractivity contribution in [3.05, 3.63) is 18.5 Å². The molecule has 15 heavy (non-hydrogen) atoms. The van der Waals surface area contributed by atoms with Crippen LogP contribution in [0.5, 0.6) is 0 Å². The lowest BCUT2D eigenvalue weighted by Crippen LogP contribution is -2.27. The van der Waals surface area contributed by atoms with Gasteiger partial charge in [-0.25, -0.2) is 0 Å². The maximum Gasteiger partial charge on any atom is 0.0747 e.